The number of carbonyl (C=O) groups excluding carboxylic acids is 1. The van der Waals surface area contributed by atoms with Gasteiger partial charge in [0.15, 0.2) is 0 Å². The molecule has 0 saturated carbocycles. The molecule has 0 radical (unpaired) electrons. The average molecular weight is 336 g/mol. The molecule has 0 bridgehead atoms. The summed E-state index contributed by atoms with van der Waals surface area (Å²) in [6.45, 7) is 3.96. The fourth-order valence-corrected chi connectivity index (χ4v) is 3.19. The Hall–Kier alpha value is -2.75. The highest BCUT2D eigenvalue weighted by molar-refractivity contribution is 5.86. The number of hydrogen-bond acceptors (Lipinski definition) is 2. The molecule has 25 heavy (non-hydrogen) atoms. The number of para-hydroxylation sites is 1. The lowest BCUT2D eigenvalue weighted by atomic mass is 9.88. The number of ether oxygens (including phenoxy) is 1. The van der Waals surface area contributed by atoms with Crippen molar-refractivity contribution in [1.29, 1.82) is 0 Å². The smallest absolute Gasteiger partial charge is 0.221 e. The maximum atomic E-state index is 12.4. The van der Waals surface area contributed by atoms with E-state index >= 15 is 0 Å². The van der Waals surface area contributed by atoms with Gasteiger partial charge in [-0.15, -0.1) is 0 Å². The Kier molecular flexibility index (Phi) is 5.08. The lowest BCUT2D eigenvalue weighted by Crippen LogP contribution is -2.31. The van der Waals surface area contributed by atoms with E-state index in [1.54, 1.807) is 7.11 Å². The quantitative estimate of drug-likeness (QED) is 0.708. The fraction of sp³-hybridized carbons (Fsp3) is 0.286. The van der Waals surface area contributed by atoms with Crippen molar-refractivity contribution in [2.45, 2.75) is 32.2 Å². The van der Waals surface area contributed by atoms with Crippen molar-refractivity contribution in [2.75, 3.05) is 7.11 Å². The number of benzene rings is 2. The van der Waals surface area contributed by atoms with E-state index in [1.807, 2.05) is 56.4 Å². The van der Waals surface area contributed by atoms with E-state index in [1.165, 1.54) is 0 Å². The molecule has 0 fully saturated rings. The van der Waals surface area contributed by atoms with Crippen LogP contribution in [0.4, 0.5) is 0 Å². The number of hydrogen-bond donors (Lipinski definition) is 2. The van der Waals surface area contributed by atoms with Gasteiger partial charge in [-0.25, -0.2) is 0 Å². The third-order valence-electron chi connectivity index (χ3n) is 4.35. The predicted molar refractivity (Wildman–Crippen MR) is 101 cm³/mol. The highest BCUT2D eigenvalue weighted by Crippen LogP contribution is 2.34. The highest BCUT2D eigenvalue weighted by atomic mass is 16.5. The molecule has 3 aromatic rings. The molecule has 1 atom stereocenters. The van der Waals surface area contributed by atoms with Crippen molar-refractivity contribution in [3.05, 3.63) is 65.9 Å². The molecule has 130 valence electrons. The Morgan fingerprint density at radius 1 is 1.12 bits per heavy atom. The van der Waals surface area contributed by atoms with Crippen LogP contribution in [0, 0.1) is 0 Å². The summed E-state index contributed by atoms with van der Waals surface area (Å²) >= 11 is 0. The summed E-state index contributed by atoms with van der Waals surface area (Å²) < 4.78 is 5.26. The largest absolute Gasteiger partial charge is 0.497 e. The molecule has 0 spiro atoms. The third kappa shape index (κ3) is 3.85. The van der Waals surface area contributed by atoms with Gasteiger partial charge in [-0.3, -0.25) is 4.79 Å². The molecule has 0 unspecified atom stereocenters. The molecule has 0 aliphatic heterocycles. The summed E-state index contributed by atoms with van der Waals surface area (Å²) in [5.74, 6) is 0.856. The van der Waals surface area contributed by atoms with Gasteiger partial charge in [0.2, 0.25) is 5.91 Å². The zero-order valence-electron chi connectivity index (χ0n) is 14.9. The Balaban J connectivity index is 2.00. The van der Waals surface area contributed by atoms with Gasteiger partial charge in [0.1, 0.15) is 5.75 Å². The first kappa shape index (κ1) is 17.1. The third-order valence-corrected chi connectivity index (χ3v) is 4.35. The summed E-state index contributed by atoms with van der Waals surface area (Å²) in [6.07, 6.45) is 2.43. The number of nitrogens with one attached hydrogen (secondary N) is 2. The lowest BCUT2D eigenvalue weighted by molar-refractivity contribution is -0.121. The van der Waals surface area contributed by atoms with Gasteiger partial charge in [0, 0.05) is 35.5 Å². The maximum Gasteiger partial charge on any atom is 0.221 e. The van der Waals surface area contributed by atoms with Crippen LogP contribution >= 0.6 is 0 Å². The topological polar surface area (TPSA) is 54.1 Å². The van der Waals surface area contributed by atoms with E-state index in [0.29, 0.717) is 6.42 Å². The minimum atomic E-state index is -0.0131. The van der Waals surface area contributed by atoms with Gasteiger partial charge < -0.3 is 15.0 Å². The van der Waals surface area contributed by atoms with Crippen LogP contribution in [-0.4, -0.2) is 24.0 Å². The second-order valence-electron chi connectivity index (χ2n) is 6.54. The standard InChI is InChI=1S/C21H24N2O2/c1-14(2)23-21(24)12-18(15-8-10-16(25-3)11-9-15)19-13-22-20-7-5-4-6-17(19)20/h4-11,13-14,18,22H,12H2,1-3H3,(H,23,24)/t18-/m0/s1. The Labute approximate surface area is 148 Å². The van der Waals surface area contributed by atoms with Gasteiger partial charge in [0.25, 0.3) is 0 Å². The summed E-state index contributed by atoms with van der Waals surface area (Å²) in [6, 6.07) is 16.3. The molecule has 0 aliphatic rings. The Morgan fingerprint density at radius 2 is 1.84 bits per heavy atom. The summed E-state index contributed by atoms with van der Waals surface area (Å²) in [5.41, 5.74) is 3.32. The van der Waals surface area contributed by atoms with E-state index in [2.05, 4.69) is 22.4 Å². The summed E-state index contributed by atoms with van der Waals surface area (Å²) in [4.78, 5) is 15.8. The molecule has 1 amide bonds. The van der Waals surface area contributed by atoms with Crippen LogP contribution in [0.3, 0.4) is 0 Å². The molecule has 1 heterocycles. The van der Waals surface area contributed by atoms with Crippen molar-refractivity contribution in [1.82, 2.24) is 10.3 Å². The van der Waals surface area contributed by atoms with E-state index in [-0.39, 0.29) is 17.9 Å². The first-order valence-corrected chi connectivity index (χ1v) is 8.58. The Morgan fingerprint density at radius 3 is 2.52 bits per heavy atom. The van der Waals surface area contributed by atoms with Crippen molar-refractivity contribution < 1.29 is 9.53 Å². The summed E-state index contributed by atoms with van der Waals surface area (Å²) in [7, 11) is 1.65. The molecule has 3 rings (SSSR count). The number of amides is 1. The molecule has 4 heteroatoms. The van der Waals surface area contributed by atoms with Gasteiger partial charge in [-0.05, 0) is 43.2 Å². The van der Waals surface area contributed by atoms with Crippen molar-refractivity contribution in [3.8, 4) is 5.75 Å². The van der Waals surface area contributed by atoms with Crippen LogP contribution in [0.1, 0.15) is 37.3 Å². The summed E-state index contributed by atoms with van der Waals surface area (Å²) in [5, 5.41) is 4.16. The van der Waals surface area contributed by atoms with E-state index in [4.69, 9.17) is 4.74 Å². The second-order valence-corrected chi connectivity index (χ2v) is 6.54. The lowest BCUT2D eigenvalue weighted by Gasteiger charge is -2.18. The average Bonchev–Trinajstić information content (AvgIpc) is 3.03. The van der Waals surface area contributed by atoms with Gasteiger partial charge in [-0.2, -0.15) is 0 Å². The number of carbonyl (C=O) groups is 1. The van der Waals surface area contributed by atoms with Crippen LogP contribution in [0.15, 0.2) is 54.7 Å². The van der Waals surface area contributed by atoms with Crippen LogP contribution in [0.25, 0.3) is 10.9 Å². The highest BCUT2D eigenvalue weighted by Gasteiger charge is 2.21. The number of aromatic amines is 1. The SMILES string of the molecule is COc1ccc([C@H](CC(=O)NC(C)C)c2c[nH]c3ccccc23)cc1. The van der Waals surface area contributed by atoms with E-state index in [0.717, 1.165) is 27.8 Å². The molecule has 0 aliphatic carbocycles. The maximum absolute atomic E-state index is 12.4. The fourth-order valence-electron chi connectivity index (χ4n) is 3.19. The van der Waals surface area contributed by atoms with Crippen LogP contribution < -0.4 is 10.1 Å². The zero-order chi connectivity index (χ0) is 17.8. The van der Waals surface area contributed by atoms with E-state index < -0.39 is 0 Å². The van der Waals surface area contributed by atoms with E-state index in [9.17, 15) is 4.79 Å². The predicted octanol–water partition coefficient (Wildman–Crippen LogP) is 4.22. The normalized spacial score (nSPS) is 12.3. The van der Waals surface area contributed by atoms with Crippen molar-refractivity contribution in [3.63, 3.8) is 0 Å². The van der Waals surface area contributed by atoms with Crippen molar-refractivity contribution in [2.24, 2.45) is 0 Å². The van der Waals surface area contributed by atoms with Crippen LogP contribution in [0.2, 0.25) is 0 Å². The minimum Gasteiger partial charge on any atom is -0.497 e. The molecule has 2 N–H and O–H groups in total. The molecular formula is C21H24N2O2. The molecule has 1 aromatic heterocycles. The number of H-pyrrole nitrogens is 1. The number of methoxy groups -OCH3 is 1. The molecule has 4 nitrogen and oxygen atoms in total. The molecule has 2 aromatic carbocycles. The van der Waals surface area contributed by atoms with Gasteiger partial charge >= 0.3 is 0 Å². The molecular weight excluding hydrogens is 312 g/mol. The Bertz CT molecular complexity index is 850. The van der Waals surface area contributed by atoms with Gasteiger partial charge in [-0.1, -0.05) is 30.3 Å². The minimum absolute atomic E-state index is 0.0131. The first-order valence-electron chi connectivity index (χ1n) is 8.58. The van der Waals surface area contributed by atoms with Gasteiger partial charge in [0.05, 0.1) is 7.11 Å². The second kappa shape index (κ2) is 7.43. The van der Waals surface area contributed by atoms with Crippen LogP contribution in [-0.2, 0) is 4.79 Å². The van der Waals surface area contributed by atoms with Crippen molar-refractivity contribution >= 4 is 16.8 Å². The number of aromatic nitrogens is 1. The number of fused-ring (bicyclic) bond motifs is 1. The zero-order valence-corrected chi connectivity index (χ0v) is 14.9. The number of rotatable bonds is 6. The monoisotopic (exact) mass is 336 g/mol. The van der Waals surface area contributed by atoms with Crippen LogP contribution in [0.5, 0.6) is 5.75 Å². The molecule has 0 saturated heterocycles. The first-order chi connectivity index (χ1) is 12.1.